The summed E-state index contributed by atoms with van der Waals surface area (Å²) in [7, 11) is -3.62. The molecule has 0 unspecified atom stereocenters. The normalized spacial score (nSPS) is 14.7. The van der Waals surface area contributed by atoms with Gasteiger partial charge in [-0.3, -0.25) is 0 Å². The van der Waals surface area contributed by atoms with Gasteiger partial charge in [-0.25, -0.2) is 0 Å². The molecule has 6 heteroatoms. The molecular weight excluding hydrogens is 509 g/mol. The van der Waals surface area contributed by atoms with Crippen molar-refractivity contribution in [2.45, 2.75) is 111 Å². The van der Waals surface area contributed by atoms with Crippen molar-refractivity contribution in [1.82, 2.24) is 0 Å². The first-order valence-corrected chi connectivity index (χ1v) is 20.1. The minimum absolute atomic E-state index is 0.590. The summed E-state index contributed by atoms with van der Waals surface area (Å²) < 4.78 is 21.2. The van der Waals surface area contributed by atoms with Gasteiger partial charge in [-0.1, -0.05) is 92.2 Å². The highest BCUT2D eigenvalue weighted by atomic mass is 32.1. The summed E-state index contributed by atoms with van der Waals surface area (Å²) in [6.45, 7) is 27.1. The van der Waals surface area contributed by atoms with Gasteiger partial charge in [-0.15, -0.1) is 11.3 Å². The molecule has 2 heterocycles. The Labute approximate surface area is 232 Å². The van der Waals surface area contributed by atoms with Crippen LogP contribution in [-0.4, -0.2) is 29.4 Å². The molecule has 1 aromatic carbocycles. The molecule has 0 N–H and O–H groups in total. The second-order valence-electron chi connectivity index (χ2n) is 11.9. The van der Waals surface area contributed by atoms with Crippen LogP contribution >= 0.6 is 11.3 Å². The highest BCUT2D eigenvalue weighted by Gasteiger charge is 2.44. The molecule has 206 valence electrons. The van der Waals surface area contributed by atoms with E-state index in [-0.39, 0.29) is 0 Å². The monoisotopic (exact) mass is 558 g/mol. The molecule has 2 aromatic rings. The highest BCUT2D eigenvalue weighted by Crippen LogP contribution is 2.49. The van der Waals surface area contributed by atoms with E-state index in [4.69, 9.17) is 14.2 Å². The summed E-state index contributed by atoms with van der Waals surface area (Å²) in [4.78, 5) is 1.13. The number of benzene rings is 1. The van der Waals surface area contributed by atoms with Gasteiger partial charge in [0.1, 0.15) is 37.7 Å². The molecule has 0 saturated carbocycles. The van der Waals surface area contributed by atoms with E-state index in [0.717, 1.165) is 27.9 Å². The van der Waals surface area contributed by atoms with Gasteiger partial charge in [-0.2, -0.15) is 0 Å². The van der Waals surface area contributed by atoms with Gasteiger partial charge in [-0.05, 0) is 53.7 Å². The average molecular weight is 559 g/mol. The molecule has 3 rings (SSSR count). The van der Waals surface area contributed by atoms with E-state index in [9.17, 15) is 0 Å². The quantitative estimate of drug-likeness (QED) is 0.203. The first-order chi connectivity index (χ1) is 17.4. The van der Waals surface area contributed by atoms with E-state index in [1.54, 1.807) is 0 Å². The Hall–Kier alpha value is -1.51. The molecule has 3 nitrogen and oxygen atoms in total. The maximum atomic E-state index is 6.95. The molecule has 0 bridgehead atoms. The van der Waals surface area contributed by atoms with E-state index < -0.39 is 16.1 Å². The molecule has 0 aliphatic carbocycles. The molecule has 37 heavy (non-hydrogen) atoms. The Morgan fingerprint density at radius 2 is 1.32 bits per heavy atom. The molecule has 1 aliphatic heterocycles. The van der Waals surface area contributed by atoms with Gasteiger partial charge >= 0.3 is 0 Å². The number of thiophene rings is 1. The van der Waals surface area contributed by atoms with Gasteiger partial charge in [0.25, 0.3) is 0 Å². The maximum absolute atomic E-state index is 6.95. The Morgan fingerprint density at radius 1 is 0.838 bits per heavy atom. The third-order valence-corrected chi connectivity index (χ3v) is 23.5. The van der Waals surface area contributed by atoms with Crippen molar-refractivity contribution in [1.29, 1.82) is 0 Å². The number of hydrogen-bond acceptors (Lipinski definition) is 4. The van der Waals surface area contributed by atoms with Crippen LogP contribution in [0.1, 0.15) is 78.3 Å². The lowest BCUT2D eigenvalue weighted by molar-refractivity contribution is 0.174. The van der Waals surface area contributed by atoms with Crippen molar-refractivity contribution in [2.24, 2.45) is 0 Å². The van der Waals surface area contributed by atoms with E-state index in [0.29, 0.717) is 29.8 Å². The molecule has 0 atom stereocenters. The Balaban J connectivity index is 2.35. The summed E-state index contributed by atoms with van der Waals surface area (Å²) in [5.41, 5.74) is 6.80. The SMILES string of the molecule is CC[Si](CC)(CC)c1sc(/C(=C\[Si](C(C)C)(C(C)C)C(C)C)Oc2cc(C)cc(C)c2)c2c1OCCO2. The zero-order valence-electron chi connectivity index (χ0n) is 25.2. The molecule has 0 spiro atoms. The van der Waals surface area contributed by atoms with Crippen molar-refractivity contribution in [3.05, 3.63) is 39.9 Å². The maximum Gasteiger partial charge on any atom is 0.183 e. The summed E-state index contributed by atoms with van der Waals surface area (Å²) >= 11 is 1.91. The smallest absolute Gasteiger partial charge is 0.183 e. The Morgan fingerprint density at radius 3 is 1.78 bits per heavy atom. The molecular formula is C31H50O3SSi2. The summed E-state index contributed by atoms with van der Waals surface area (Å²) in [5, 5.41) is 0. The number of aryl methyl sites for hydroxylation is 2. The lowest BCUT2D eigenvalue weighted by Crippen LogP contribution is -2.45. The standard InChI is InChI=1S/C31H50O3SSi2/c1-12-36(13-2,14-3)31-29-28(32-15-16-33-29)30(35-31)27(34-26-18-24(10)17-25(11)19-26)20-37(21(4)5,22(6)7)23(8)9/h17-23H,12-16H2,1-11H3/b27-20+. The number of ether oxygens (including phenoxy) is 3. The number of rotatable bonds is 11. The van der Waals surface area contributed by atoms with Crippen LogP contribution in [0.4, 0.5) is 0 Å². The van der Waals surface area contributed by atoms with Crippen LogP contribution in [0.5, 0.6) is 17.2 Å². The minimum Gasteiger partial charge on any atom is -0.485 e. The fourth-order valence-electron chi connectivity index (χ4n) is 6.68. The molecule has 0 amide bonds. The van der Waals surface area contributed by atoms with Crippen molar-refractivity contribution in [3.8, 4) is 17.2 Å². The third kappa shape index (κ3) is 5.76. The van der Waals surface area contributed by atoms with E-state index in [1.165, 1.54) is 33.8 Å². The van der Waals surface area contributed by atoms with Crippen LogP contribution < -0.4 is 18.7 Å². The van der Waals surface area contributed by atoms with Crippen LogP contribution in [0, 0.1) is 13.8 Å². The zero-order valence-corrected chi connectivity index (χ0v) is 28.0. The summed E-state index contributed by atoms with van der Waals surface area (Å²) in [5.74, 6) is 3.84. The van der Waals surface area contributed by atoms with Crippen LogP contribution in [-0.2, 0) is 0 Å². The Bertz CT molecular complexity index is 1050. The fraction of sp³-hybridized carbons (Fsp3) is 0.613. The molecule has 0 fully saturated rings. The van der Waals surface area contributed by atoms with Crippen LogP contribution in [0.2, 0.25) is 34.8 Å². The van der Waals surface area contributed by atoms with Crippen LogP contribution in [0.15, 0.2) is 23.9 Å². The van der Waals surface area contributed by atoms with Gasteiger partial charge in [0.05, 0.1) is 8.07 Å². The highest BCUT2D eigenvalue weighted by molar-refractivity contribution is 7.28. The van der Waals surface area contributed by atoms with E-state index >= 15 is 0 Å². The van der Waals surface area contributed by atoms with Gasteiger partial charge in [0, 0.05) is 4.50 Å². The lowest BCUT2D eigenvalue weighted by Gasteiger charge is -2.41. The summed E-state index contributed by atoms with van der Waals surface area (Å²) in [6, 6.07) is 10.2. The molecule has 0 radical (unpaired) electrons. The van der Waals surface area contributed by atoms with Crippen molar-refractivity contribution in [2.75, 3.05) is 13.2 Å². The van der Waals surface area contributed by atoms with Crippen LogP contribution in [0.25, 0.3) is 5.76 Å². The first-order valence-electron chi connectivity index (χ1n) is 14.4. The van der Waals surface area contributed by atoms with Crippen molar-refractivity contribution >= 4 is 37.7 Å². The second kappa shape index (κ2) is 12.1. The van der Waals surface area contributed by atoms with E-state index in [1.807, 2.05) is 11.3 Å². The lowest BCUT2D eigenvalue weighted by atomic mass is 10.1. The Kier molecular flexibility index (Phi) is 9.84. The average Bonchev–Trinajstić information content (AvgIpc) is 3.22. The molecule has 0 saturated heterocycles. The van der Waals surface area contributed by atoms with Crippen LogP contribution in [0.3, 0.4) is 0 Å². The zero-order chi connectivity index (χ0) is 27.5. The second-order valence-corrected chi connectivity index (χ2v) is 24.2. The minimum atomic E-state index is -1.93. The largest absolute Gasteiger partial charge is 0.485 e. The number of fused-ring (bicyclic) bond motifs is 1. The predicted octanol–water partition coefficient (Wildman–Crippen LogP) is 9.49. The van der Waals surface area contributed by atoms with Gasteiger partial charge in [0.2, 0.25) is 0 Å². The van der Waals surface area contributed by atoms with Crippen molar-refractivity contribution < 1.29 is 14.2 Å². The first kappa shape index (κ1) is 30.0. The van der Waals surface area contributed by atoms with Gasteiger partial charge in [0.15, 0.2) is 11.5 Å². The predicted molar refractivity (Wildman–Crippen MR) is 168 cm³/mol. The summed E-state index contributed by atoms with van der Waals surface area (Å²) in [6.07, 6.45) is 0. The number of hydrogen-bond donors (Lipinski definition) is 0. The molecule has 1 aromatic heterocycles. The van der Waals surface area contributed by atoms with Gasteiger partial charge < -0.3 is 14.2 Å². The fourth-order valence-corrected chi connectivity index (χ4v) is 18.9. The van der Waals surface area contributed by atoms with E-state index in [2.05, 4.69) is 100 Å². The molecule has 1 aliphatic rings. The topological polar surface area (TPSA) is 27.7 Å². The van der Waals surface area contributed by atoms with Crippen molar-refractivity contribution in [3.63, 3.8) is 0 Å². The third-order valence-electron chi connectivity index (χ3n) is 8.94.